The minimum Gasteiger partial charge on any atom is -0.497 e. The molecule has 0 heterocycles. The molecular formula is C22H28N4O2. The molecular weight excluding hydrogens is 352 g/mol. The number of rotatable bonds is 7. The lowest BCUT2D eigenvalue weighted by molar-refractivity contribution is -0.122. The van der Waals surface area contributed by atoms with Crippen molar-refractivity contribution >= 4 is 17.6 Å². The number of nitrogens with one attached hydrogen (secondary N) is 3. The molecule has 1 saturated carbocycles. The maximum Gasteiger partial charge on any atom is 0.227 e. The molecule has 0 aromatic heterocycles. The van der Waals surface area contributed by atoms with Gasteiger partial charge in [0, 0.05) is 31.7 Å². The molecule has 1 fully saturated rings. The van der Waals surface area contributed by atoms with Crippen molar-refractivity contribution in [2.75, 3.05) is 19.5 Å². The van der Waals surface area contributed by atoms with E-state index in [1.807, 2.05) is 48.5 Å². The van der Waals surface area contributed by atoms with Crippen molar-refractivity contribution in [2.24, 2.45) is 10.9 Å². The molecule has 0 spiro atoms. The van der Waals surface area contributed by atoms with Crippen LogP contribution in [0.2, 0.25) is 0 Å². The van der Waals surface area contributed by atoms with Gasteiger partial charge in [0.2, 0.25) is 5.91 Å². The number of guanidine groups is 1. The van der Waals surface area contributed by atoms with E-state index in [9.17, 15) is 4.79 Å². The Bertz CT molecular complexity index is 814. The lowest BCUT2D eigenvalue weighted by atomic mass is 9.85. The summed E-state index contributed by atoms with van der Waals surface area (Å²) in [4.78, 5) is 16.4. The highest BCUT2D eigenvalue weighted by atomic mass is 16.5. The molecule has 148 valence electrons. The molecule has 0 unspecified atom stereocenters. The highest BCUT2D eigenvalue weighted by Crippen LogP contribution is 2.27. The van der Waals surface area contributed by atoms with E-state index < -0.39 is 0 Å². The van der Waals surface area contributed by atoms with Crippen LogP contribution in [0.5, 0.6) is 5.75 Å². The normalized spacial score (nSPS) is 14.1. The molecule has 0 bridgehead atoms. The third kappa shape index (κ3) is 5.49. The zero-order valence-electron chi connectivity index (χ0n) is 16.5. The van der Waals surface area contributed by atoms with Gasteiger partial charge in [-0.15, -0.1) is 0 Å². The Balaban J connectivity index is 1.48. The molecule has 0 aliphatic heterocycles. The minimum atomic E-state index is 0.133. The van der Waals surface area contributed by atoms with Crippen LogP contribution in [0.1, 0.15) is 30.4 Å². The molecule has 6 nitrogen and oxygen atoms in total. The van der Waals surface area contributed by atoms with Crippen LogP contribution in [0.25, 0.3) is 0 Å². The van der Waals surface area contributed by atoms with Gasteiger partial charge in [-0.25, -0.2) is 0 Å². The second-order valence-corrected chi connectivity index (χ2v) is 6.94. The van der Waals surface area contributed by atoms with E-state index in [0.29, 0.717) is 13.1 Å². The summed E-state index contributed by atoms with van der Waals surface area (Å²) in [6.45, 7) is 1.29. The summed E-state index contributed by atoms with van der Waals surface area (Å²) in [7, 11) is 3.41. The highest BCUT2D eigenvalue weighted by Gasteiger charge is 2.25. The molecule has 28 heavy (non-hydrogen) atoms. The lowest BCUT2D eigenvalue weighted by Gasteiger charge is -2.24. The first-order valence-corrected chi connectivity index (χ1v) is 9.65. The number of aliphatic imine (C=N–C) groups is 1. The summed E-state index contributed by atoms with van der Waals surface area (Å²) >= 11 is 0. The predicted molar refractivity (Wildman–Crippen MR) is 112 cm³/mol. The van der Waals surface area contributed by atoms with Crippen LogP contribution in [0.3, 0.4) is 0 Å². The van der Waals surface area contributed by atoms with Crippen LogP contribution in [0.4, 0.5) is 5.69 Å². The number of methoxy groups -OCH3 is 1. The topological polar surface area (TPSA) is 74.8 Å². The quantitative estimate of drug-likeness (QED) is 0.509. The second kappa shape index (κ2) is 9.78. The van der Waals surface area contributed by atoms with Gasteiger partial charge in [0.25, 0.3) is 0 Å². The van der Waals surface area contributed by atoms with Gasteiger partial charge in [-0.1, -0.05) is 30.7 Å². The van der Waals surface area contributed by atoms with E-state index in [1.165, 1.54) is 0 Å². The molecule has 0 radical (unpaired) electrons. The Kier molecular flexibility index (Phi) is 6.89. The minimum absolute atomic E-state index is 0.133. The van der Waals surface area contributed by atoms with E-state index in [1.54, 1.807) is 14.2 Å². The Labute approximate surface area is 166 Å². The average Bonchev–Trinajstić information content (AvgIpc) is 2.67. The number of benzene rings is 2. The fourth-order valence-corrected chi connectivity index (χ4v) is 3.01. The molecule has 3 N–H and O–H groups in total. The molecule has 6 heteroatoms. The van der Waals surface area contributed by atoms with Gasteiger partial charge in [0.15, 0.2) is 5.96 Å². The standard InChI is InChI=1S/C22H28N4O2/c1-23-22(24-14-16-9-11-20(28-2)12-10-16)25-15-17-5-3-8-19(13-17)26-21(27)18-6-4-7-18/h3,5,8-13,18H,4,6-7,14-15H2,1-2H3,(H,26,27)(H2,23,24,25). The van der Waals surface area contributed by atoms with E-state index >= 15 is 0 Å². The van der Waals surface area contributed by atoms with Gasteiger partial charge in [-0.2, -0.15) is 0 Å². The molecule has 0 atom stereocenters. The van der Waals surface area contributed by atoms with Crippen LogP contribution < -0.4 is 20.7 Å². The molecule has 2 aromatic carbocycles. The third-order valence-corrected chi connectivity index (χ3v) is 4.97. The Morgan fingerprint density at radius 2 is 1.79 bits per heavy atom. The van der Waals surface area contributed by atoms with Crippen LogP contribution >= 0.6 is 0 Å². The zero-order valence-corrected chi connectivity index (χ0v) is 16.5. The van der Waals surface area contributed by atoms with Crippen molar-refractivity contribution in [1.82, 2.24) is 10.6 Å². The van der Waals surface area contributed by atoms with Gasteiger partial charge in [-0.05, 0) is 48.2 Å². The maximum atomic E-state index is 12.1. The Morgan fingerprint density at radius 1 is 1.07 bits per heavy atom. The molecule has 1 amide bonds. The molecule has 2 aromatic rings. The lowest BCUT2D eigenvalue weighted by Crippen LogP contribution is -2.36. The highest BCUT2D eigenvalue weighted by molar-refractivity contribution is 5.93. The van der Waals surface area contributed by atoms with Crippen molar-refractivity contribution in [1.29, 1.82) is 0 Å². The van der Waals surface area contributed by atoms with Crippen LogP contribution in [0.15, 0.2) is 53.5 Å². The zero-order chi connectivity index (χ0) is 19.8. The first kappa shape index (κ1) is 19.7. The van der Waals surface area contributed by atoms with E-state index in [2.05, 4.69) is 20.9 Å². The SMILES string of the molecule is CN=C(NCc1ccc(OC)cc1)NCc1cccc(NC(=O)C2CCC2)c1. The summed E-state index contributed by atoms with van der Waals surface area (Å²) < 4.78 is 5.18. The number of carbonyl (C=O) groups is 1. The molecule has 0 saturated heterocycles. The number of hydrogen-bond donors (Lipinski definition) is 3. The number of carbonyl (C=O) groups excluding carboxylic acids is 1. The van der Waals surface area contributed by atoms with Crippen LogP contribution in [-0.2, 0) is 17.9 Å². The van der Waals surface area contributed by atoms with Gasteiger partial charge in [0.1, 0.15) is 5.75 Å². The van der Waals surface area contributed by atoms with Gasteiger partial charge >= 0.3 is 0 Å². The Hall–Kier alpha value is -3.02. The summed E-state index contributed by atoms with van der Waals surface area (Å²) in [6, 6.07) is 15.8. The monoisotopic (exact) mass is 380 g/mol. The van der Waals surface area contributed by atoms with Gasteiger partial charge < -0.3 is 20.7 Å². The summed E-state index contributed by atoms with van der Waals surface area (Å²) in [6.07, 6.45) is 3.16. The smallest absolute Gasteiger partial charge is 0.227 e. The fourth-order valence-electron chi connectivity index (χ4n) is 3.01. The number of ether oxygens (including phenoxy) is 1. The number of hydrogen-bond acceptors (Lipinski definition) is 3. The van der Waals surface area contributed by atoms with Crippen molar-refractivity contribution in [3.63, 3.8) is 0 Å². The largest absolute Gasteiger partial charge is 0.497 e. The maximum absolute atomic E-state index is 12.1. The fraction of sp³-hybridized carbons (Fsp3) is 0.364. The van der Waals surface area contributed by atoms with Crippen LogP contribution in [0, 0.1) is 5.92 Å². The summed E-state index contributed by atoms with van der Waals surface area (Å²) in [5, 5.41) is 9.62. The first-order valence-electron chi connectivity index (χ1n) is 9.65. The van der Waals surface area contributed by atoms with Crippen LogP contribution in [-0.4, -0.2) is 26.0 Å². The number of anilines is 1. The van der Waals surface area contributed by atoms with Crippen molar-refractivity contribution in [3.05, 3.63) is 59.7 Å². The second-order valence-electron chi connectivity index (χ2n) is 6.94. The third-order valence-electron chi connectivity index (χ3n) is 4.97. The summed E-state index contributed by atoms with van der Waals surface area (Å²) in [5.41, 5.74) is 3.07. The number of amides is 1. The summed E-state index contributed by atoms with van der Waals surface area (Å²) in [5.74, 6) is 1.88. The van der Waals surface area contributed by atoms with Crippen molar-refractivity contribution < 1.29 is 9.53 Å². The van der Waals surface area contributed by atoms with Crippen molar-refractivity contribution in [2.45, 2.75) is 32.4 Å². The van der Waals surface area contributed by atoms with Gasteiger partial charge in [-0.3, -0.25) is 9.79 Å². The first-order chi connectivity index (χ1) is 13.7. The predicted octanol–water partition coefficient (Wildman–Crippen LogP) is 3.30. The van der Waals surface area contributed by atoms with E-state index in [0.717, 1.165) is 47.8 Å². The average molecular weight is 380 g/mol. The van der Waals surface area contributed by atoms with Gasteiger partial charge in [0.05, 0.1) is 7.11 Å². The molecule has 1 aliphatic rings. The Morgan fingerprint density at radius 3 is 2.39 bits per heavy atom. The molecule has 3 rings (SSSR count). The van der Waals surface area contributed by atoms with E-state index in [4.69, 9.17) is 4.74 Å². The van der Waals surface area contributed by atoms with Crippen molar-refractivity contribution in [3.8, 4) is 5.75 Å². The molecule has 1 aliphatic carbocycles. The number of nitrogens with zero attached hydrogens (tertiary/aromatic N) is 1. The van der Waals surface area contributed by atoms with E-state index in [-0.39, 0.29) is 11.8 Å².